The Morgan fingerprint density at radius 1 is 1.05 bits per heavy atom. The van der Waals surface area contributed by atoms with Crippen molar-refractivity contribution in [1.82, 2.24) is 4.98 Å². The third kappa shape index (κ3) is 2.21. The van der Waals surface area contributed by atoms with Crippen molar-refractivity contribution in [3.63, 3.8) is 0 Å². The third-order valence-electron chi connectivity index (χ3n) is 4.17. The normalized spacial score (nSPS) is 16.9. The predicted molar refractivity (Wildman–Crippen MR) is 87.3 cm³/mol. The van der Waals surface area contributed by atoms with E-state index in [0.717, 1.165) is 29.9 Å². The highest BCUT2D eigenvalue weighted by Gasteiger charge is 2.22. The average molecular weight is 275 g/mol. The first-order valence-corrected chi connectivity index (χ1v) is 7.30. The minimum atomic E-state index is 0.328. The highest BCUT2D eigenvalue weighted by Crippen LogP contribution is 2.34. The van der Waals surface area contributed by atoms with Gasteiger partial charge in [-0.05, 0) is 54.3 Å². The molecule has 0 saturated carbocycles. The number of nitrogens with two attached hydrogens (primary N) is 1. The van der Waals surface area contributed by atoms with Gasteiger partial charge in [0.2, 0.25) is 0 Å². The van der Waals surface area contributed by atoms with Crippen molar-refractivity contribution in [2.24, 2.45) is 0 Å². The van der Waals surface area contributed by atoms with Crippen molar-refractivity contribution in [1.29, 1.82) is 0 Å². The number of fused-ring (bicyclic) bond motifs is 2. The van der Waals surface area contributed by atoms with E-state index in [1.807, 2.05) is 24.3 Å². The molecule has 1 aliphatic carbocycles. The summed E-state index contributed by atoms with van der Waals surface area (Å²) in [6, 6.07) is 18.9. The lowest BCUT2D eigenvalue weighted by atomic mass is 10.1. The largest absolute Gasteiger partial charge is 0.399 e. The van der Waals surface area contributed by atoms with Gasteiger partial charge in [0.05, 0.1) is 11.6 Å². The van der Waals surface area contributed by atoms with Gasteiger partial charge in [-0.2, -0.15) is 0 Å². The fraction of sp³-hybridized carbons (Fsp3) is 0.167. The quantitative estimate of drug-likeness (QED) is 0.697. The molecule has 1 atom stereocenters. The van der Waals surface area contributed by atoms with Crippen LogP contribution in [0.3, 0.4) is 0 Å². The third-order valence-corrected chi connectivity index (χ3v) is 4.17. The molecular formula is C18H17N3. The summed E-state index contributed by atoms with van der Waals surface area (Å²) in [5.74, 6) is 0.934. The van der Waals surface area contributed by atoms with Gasteiger partial charge >= 0.3 is 0 Å². The summed E-state index contributed by atoms with van der Waals surface area (Å²) >= 11 is 0. The number of nitrogens with zero attached hydrogens (tertiary/aromatic N) is 1. The number of rotatable bonds is 2. The maximum atomic E-state index is 5.86. The Morgan fingerprint density at radius 3 is 2.90 bits per heavy atom. The Balaban J connectivity index is 1.64. The second kappa shape index (κ2) is 4.77. The molecular weight excluding hydrogens is 258 g/mol. The second-order valence-electron chi connectivity index (χ2n) is 5.58. The predicted octanol–water partition coefficient (Wildman–Crippen LogP) is 3.92. The van der Waals surface area contributed by atoms with E-state index in [0.29, 0.717) is 6.04 Å². The van der Waals surface area contributed by atoms with Crippen LogP contribution in [0.2, 0.25) is 0 Å². The van der Waals surface area contributed by atoms with Gasteiger partial charge in [-0.3, -0.25) is 0 Å². The van der Waals surface area contributed by atoms with E-state index in [-0.39, 0.29) is 0 Å². The van der Waals surface area contributed by atoms with E-state index in [4.69, 9.17) is 10.7 Å². The summed E-state index contributed by atoms with van der Waals surface area (Å²) < 4.78 is 0. The number of hydrogen-bond donors (Lipinski definition) is 2. The Morgan fingerprint density at radius 2 is 1.95 bits per heavy atom. The molecule has 1 unspecified atom stereocenters. The standard InChI is InChI=1S/C18H17N3/c19-14-7-8-15-13(11-14)5-9-17(15)21-18-10-6-12-3-1-2-4-16(12)20-18/h1-4,6-8,10-11,17H,5,9,19H2,(H,20,21). The lowest BCUT2D eigenvalue weighted by Crippen LogP contribution is -2.08. The van der Waals surface area contributed by atoms with Crippen LogP contribution in [0, 0.1) is 0 Å². The Labute approximate surface area is 123 Å². The van der Waals surface area contributed by atoms with Gasteiger partial charge in [0.1, 0.15) is 5.82 Å². The van der Waals surface area contributed by atoms with Gasteiger partial charge in [-0.15, -0.1) is 0 Å². The molecule has 0 spiro atoms. The van der Waals surface area contributed by atoms with E-state index >= 15 is 0 Å². The van der Waals surface area contributed by atoms with E-state index in [1.165, 1.54) is 16.5 Å². The molecule has 4 rings (SSSR count). The van der Waals surface area contributed by atoms with Crippen LogP contribution >= 0.6 is 0 Å². The number of anilines is 2. The molecule has 3 N–H and O–H groups in total. The second-order valence-corrected chi connectivity index (χ2v) is 5.58. The van der Waals surface area contributed by atoms with Crippen LogP contribution in [-0.2, 0) is 6.42 Å². The molecule has 0 bridgehead atoms. The van der Waals surface area contributed by atoms with Crippen molar-refractivity contribution < 1.29 is 0 Å². The number of pyridine rings is 1. The van der Waals surface area contributed by atoms with E-state index < -0.39 is 0 Å². The number of benzene rings is 2. The number of nitrogen functional groups attached to an aromatic ring is 1. The molecule has 0 radical (unpaired) electrons. The molecule has 1 aliphatic rings. The highest BCUT2D eigenvalue weighted by atomic mass is 15.0. The molecule has 1 aromatic heterocycles. The zero-order valence-electron chi connectivity index (χ0n) is 11.7. The lowest BCUT2D eigenvalue weighted by Gasteiger charge is -2.15. The highest BCUT2D eigenvalue weighted by molar-refractivity contribution is 5.80. The summed E-state index contributed by atoms with van der Waals surface area (Å²) in [5.41, 5.74) is 10.4. The van der Waals surface area contributed by atoms with Crippen LogP contribution in [0.25, 0.3) is 10.9 Å². The SMILES string of the molecule is Nc1ccc2c(c1)CCC2Nc1ccc2ccccc2n1. The first-order valence-electron chi connectivity index (χ1n) is 7.30. The van der Waals surface area contributed by atoms with Crippen molar-refractivity contribution in [2.75, 3.05) is 11.1 Å². The summed E-state index contributed by atoms with van der Waals surface area (Å²) in [6.45, 7) is 0. The van der Waals surface area contributed by atoms with Gasteiger partial charge in [0.15, 0.2) is 0 Å². The van der Waals surface area contributed by atoms with Crippen molar-refractivity contribution >= 4 is 22.4 Å². The summed E-state index contributed by atoms with van der Waals surface area (Å²) in [5, 5.41) is 4.73. The fourth-order valence-electron chi connectivity index (χ4n) is 3.11. The van der Waals surface area contributed by atoms with Crippen molar-refractivity contribution in [2.45, 2.75) is 18.9 Å². The van der Waals surface area contributed by atoms with Gasteiger partial charge in [-0.1, -0.05) is 24.3 Å². The fourth-order valence-corrected chi connectivity index (χ4v) is 3.11. The van der Waals surface area contributed by atoms with Crippen LogP contribution in [0.15, 0.2) is 54.6 Å². The molecule has 21 heavy (non-hydrogen) atoms. The molecule has 104 valence electrons. The number of aromatic nitrogens is 1. The molecule has 3 nitrogen and oxygen atoms in total. The number of nitrogens with one attached hydrogen (secondary N) is 1. The van der Waals surface area contributed by atoms with Crippen molar-refractivity contribution in [3.8, 4) is 0 Å². The Bertz CT molecular complexity index is 810. The van der Waals surface area contributed by atoms with Gasteiger partial charge < -0.3 is 11.1 Å². The Kier molecular flexibility index (Phi) is 2.78. The molecule has 1 heterocycles. The number of hydrogen-bond acceptors (Lipinski definition) is 3. The van der Waals surface area contributed by atoms with Crippen LogP contribution in [0.5, 0.6) is 0 Å². The van der Waals surface area contributed by atoms with Crippen LogP contribution in [0.1, 0.15) is 23.6 Å². The lowest BCUT2D eigenvalue weighted by molar-refractivity contribution is 0.758. The number of para-hydroxylation sites is 1. The van der Waals surface area contributed by atoms with E-state index in [2.05, 4.69) is 35.6 Å². The van der Waals surface area contributed by atoms with Crippen LogP contribution in [0.4, 0.5) is 11.5 Å². The Hall–Kier alpha value is -2.55. The topological polar surface area (TPSA) is 50.9 Å². The molecule has 0 aliphatic heterocycles. The molecule has 3 heteroatoms. The van der Waals surface area contributed by atoms with Gasteiger partial charge in [0, 0.05) is 11.1 Å². The molecule has 2 aromatic carbocycles. The van der Waals surface area contributed by atoms with E-state index in [1.54, 1.807) is 0 Å². The first kappa shape index (κ1) is 12.2. The smallest absolute Gasteiger partial charge is 0.127 e. The van der Waals surface area contributed by atoms with Gasteiger partial charge in [-0.25, -0.2) is 4.98 Å². The molecule has 0 fully saturated rings. The minimum absolute atomic E-state index is 0.328. The van der Waals surface area contributed by atoms with E-state index in [9.17, 15) is 0 Å². The van der Waals surface area contributed by atoms with Crippen LogP contribution < -0.4 is 11.1 Å². The summed E-state index contributed by atoms with van der Waals surface area (Å²) in [7, 11) is 0. The summed E-state index contributed by atoms with van der Waals surface area (Å²) in [4.78, 5) is 4.69. The summed E-state index contributed by atoms with van der Waals surface area (Å²) in [6.07, 6.45) is 2.17. The number of aryl methyl sites for hydroxylation is 1. The zero-order valence-corrected chi connectivity index (χ0v) is 11.7. The maximum Gasteiger partial charge on any atom is 0.127 e. The maximum absolute atomic E-state index is 5.86. The monoisotopic (exact) mass is 275 g/mol. The zero-order chi connectivity index (χ0) is 14.2. The minimum Gasteiger partial charge on any atom is -0.399 e. The van der Waals surface area contributed by atoms with Crippen LogP contribution in [-0.4, -0.2) is 4.98 Å². The molecule has 0 saturated heterocycles. The first-order chi connectivity index (χ1) is 10.3. The van der Waals surface area contributed by atoms with Gasteiger partial charge in [0.25, 0.3) is 0 Å². The van der Waals surface area contributed by atoms with Crippen molar-refractivity contribution in [3.05, 3.63) is 65.7 Å². The molecule has 0 amide bonds. The molecule has 3 aromatic rings. The average Bonchev–Trinajstić information content (AvgIpc) is 2.89.